The van der Waals surface area contributed by atoms with Gasteiger partial charge in [-0.1, -0.05) is 44.2 Å². The van der Waals surface area contributed by atoms with E-state index in [1.807, 2.05) is 19.4 Å². The van der Waals surface area contributed by atoms with Gasteiger partial charge in [-0.05, 0) is 77.2 Å². The molecule has 2 heterocycles. The molecule has 1 aliphatic heterocycles. The molecule has 0 radical (unpaired) electrons. The Morgan fingerprint density at radius 1 is 1.22 bits per heavy atom. The number of alkyl halides is 2. The molecule has 1 saturated carbocycles. The smallest absolute Gasteiger partial charge is 0.117 e. The van der Waals surface area contributed by atoms with Crippen LogP contribution < -0.4 is 5.32 Å². The molecule has 1 aromatic carbocycles. The van der Waals surface area contributed by atoms with Gasteiger partial charge in [-0.2, -0.15) is 0 Å². The lowest BCUT2D eigenvalue weighted by molar-refractivity contribution is 0.196. The van der Waals surface area contributed by atoms with Crippen molar-refractivity contribution in [3.63, 3.8) is 0 Å². The zero-order chi connectivity index (χ0) is 27.7. The van der Waals surface area contributed by atoms with Gasteiger partial charge in [-0.25, -0.2) is 9.37 Å². The summed E-state index contributed by atoms with van der Waals surface area (Å²) in [5.41, 5.74) is 4.75. The van der Waals surface area contributed by atoms with Crippen molar-refractivity contribution in [1.82, 2.24) is 15.2 Å². The number of nitrogens with zero attached hydrogens (tertiary/aromatic N) is 2. The zero-order valence-electron chi connectivity index (χ0n) is 23.6. The summed E-state index contributed by atoms with van der Waals surface area (Å²) in [5.74, 6) is 0.470. The van der Waals surface area contributed by atoms with Crippen LogP contribution in [0.15, 0.2) is 55.6 Å². The second-order valence-electron chi connectivity index (χ2n) is 9.74. The van der Waals surface area contributed by atoms with Crippen molar-refractivity contribution in [3.8, 4) is 10.4 Å². The SMILES string of the molecule is C=C.C=CC(C(C)C)C1(F)CC1.CC1CCCN1.CCl.Cc1ncsc1-c1ccc(CN(C)C)cc1. The summed E-state index contributed by atoms with van der Waals surface area (Å²) < 4.78 is 13.3. The largest absolute Gasteiger partial charge is 0.314 e. The molecule has 0 spiro atoms. The maximum atomic E-state index is 13.3. The molecular weight excluding hydrogens is 489 g/mol. The van der Waals surface area contributed by atoms with Crippen molar-refractivity contribution in [3.05, 3.63) is 66.8 Å². The molecule has 2 fully saturated rings. The van der Waals surface area contributed by atoms with Crippen molar-refractivity contribution in [2.24, 2.45) is 11.8 Å². The summed E-state index contributed by atoms with van der Waals surface area (Å²) in [5, 5.41) is 3.32. The van der Waals surface area contributed by atoms with Crippen molar-refractivity contribution in [1.29, 1.82) is 0 Å². The summed E-state index contributed by atoms with van der Waals surface area (Å²) >= 11 is 6.34. The fourth-order valence-corrected chi connectivity index (χ4v) is 4.91. The standard InChI is InChI=1S/C13H16N2S.C9H15F.C5H11N.C2H4.CH3Cl/c1-10-13(16-9-14-10)12-6-4-11(5-7-12)8-15(2)3;1-4-8(7(2)3)9(10)5-6-9;1-5-3-2-4-6-5;2*1-2/h4-7,9H,8H2,1-3H3;4,7-8H,1,5-6H2,2-3H3;5-6H,2-4H2,1H3;1-2H2;1H3. The molecule has 2 unspecified atom stereocenters. The van der Waals surface area contributed by atoms with E-state index in [1.54, 1.807) is 17.4 Å². The molecule has 36 heavy (non-hydrogen) atoms. The number of benzene rings is 1. The minimum atomic E-state index is -0.879. The maximum Gasteiger partial charge on any atom is 0.117 e. The van der Waals surface area contributed by atoms with Gasteiger partial charge in [0.25, 0.3) is 0 Å². The number of hydrogen-bond donors (Lipinski definition) is 1. The number of halogens is 2. The van der Waals surface area contributed by atoms with Crippen LogP contribution in [0.3, 0.4) is 0 Å². The van der Waals surface area contributed by atoms with Crippen LogP contribution >= 0.6 is 22.9 Å². The Labute approximate surface area is 229 Å². The summed E-state index contributed by atoms with van der Waals surface area (Å²) in [4.78, 5) is 7.72. The highest BCUT2D eigenvalue weighted by atomic mass is 35.5. The average molecular weight is 538 g/mol. The van der Waals surface area contributed by atoms with E-state index in [-0.39, 0.29) is 5.92 Å². The molecule has 0 amide bonds. The molecule has 6 heteroatoms. The van der Waals surface area contributed by atoms with E-state index in [4.69, 9.17) is 0 Å². The Bertz CT molecular complexity index is 825. The molecule has 1 saturated heterocycles. The molecule has 0 bridgehead atoms. The highest BCUT2D eigenvalue weighted by Gasteiger charge is 2.49. The molecule has 4 rings (SSSR count). The van der Waals surface area contributed by atoms with Gasteiger partial charge in [0.05, 0.1) is 16.1 Å². The quantitative estimate of drug-likeness (QED) is 0.295. The van der Waals surface area contributed by atoms with Crippen molar-refractivity contribution >= 4 is 22.9 Å². The molecule has 2 atom stereocenters. The number of thiazole rings is 1. The average Bonchev–Trinajstić information content (AvgIpc) is 3.21. The number of aromatic nitrogens is 1. The number of hydrogen-bond acceptors (Lipinski definition) is 4. The predicted molar refractivity (Wildman–Crippen MR) is 161 cm³/mol. The Balaban J connectivity index is 0.000000523. The van der Waals surface area contributed by atoms with Crippen LogP contribution in [-0.4, -0.2) is 48.6 Å². The van der Waals surface area contributed by atoms with Crippen LogP contribution in [0.4, 0.5) is 4.39 Å². The molecule has 3 nitrogen and oxygen atoms in total. The fraction of sp³-hybridized carbons (Fsp3) is 0.567. The van der Waals surface area contributed by atoms with Crippen LogP contribution in [0.1, 0.15) is 57.7 Å². The Morgan fingerprint density at radius 2 is 1.81 bits per heavy atom. The molecule has 1 aromatic heterocycles. The predicted octanol–water partition coefficient (Wildman–Crippen LogP) is 8.54. The lowest BCUT2D eigenvalue weighted by Gasteiger charge is -2.19. The second-order valence-corrected chi connectivity index (χ2v) is 10.6. The molecule has 2 aliphatic rings. The Hall–Kier alpha value is -1.53. The number of nitrogens with one attached hydrogen (secondary N) is 1. The number of rotatable bonds is 6. The Morgan fingerprint density at radius 3 is 2.08 bits per heavy atom. The first-order valence-electron chi connectivity index (χ1n) is 12.7. The minimum Gasteiger partial charge on any atom is -0.314 e. The normalized spacial score (nSPS) is 17.7. The third kappa shape index (κ3) is 12.6. The Kier molecular flexibility index (Phi) is 17.9. The zero-order valence-corrected chi connectivity index (χ0v) is 25.2. The van der Waals surface area contributed by atoms with Crippen LogP contribution in [0.25, 0.3) is 10.4 Å². The van der Waals surface area contributed by atoms with Gasteiger partial charge in [0.1, 0.15) is 5.67 Å². The van der Waals surface area contributed by atoms with Gasteiger partial charge < -0.3 is 10.2 Å². The first-order valence-corrected chi connectivity index (χ1v) is 14.4. The van der Waals surface area contributed by atoms with Crippen molar-refractivity contribution in [2.75, 3.05) is 27.0 Å². The van der Waals surface area contributed by atoms with Crippen molar-refractivity contribution in [2.45, 2.75) is 71.6 Å². The first-order chi connectivity index (χ1) is 17.2. The van der Waals surface area contributed by atoms with Gasteiger partial charge >= 0.3 is 0 Å². The van der Waals surface area contributed by atoms with Gasteiger partial charge in [-0.3, -0.25) is 0 Å². The van der Waals surface area contributed by atoms with Crippen LogP contribution in [0.2, 0.25) is 0 Å². The van der Waals surface area contributed by atoms with E-state index >= 15 is 0 Å². The highest BCUT2D eigenvalue weighted by molar-refractivity contribution is 7.13. The number of aryl methyl sites for hydroxylation is 1. The van der Waals surface area contributed by atoms with E-state index in [2.05, 4.69) is 98.7 Å². The van der Waals surface area contributed by atoms with Gasteiger partial charge in [0.2, 0.25) is 0 Å². The molecule has 1 N–H and O–H groups in total. The van der Waals surface area contributed by atoms with Crippen LogP contribution in [0.5, 0.6) is 0 Å². The second kappa shape index (κ2) is 18.7. The third-order valence-corrected chi connectivity index (χ3v) is 7.04. The monoisotopic (exact) mass is 537 g/mol. The third-order valence-electron chi connectivity index (χ3n) is 6.06. The van der Waals surface area contributed by atoms with E-state index in [0.29, 0.717) is 5.92 Å². The molecule has 204 valence electrons. The van der Waals surface area contributed by atoms with Gasteiger partial charge in [0, 0.05) is 24.9 Å². The summed E-state index contributed by atoms with van der Waals surface area (Å²) in [6.07, 6.45) is 7.46. The summed E-state index contributed by atoms with van der Waals surface area (Å²) in [6.45, 7) is 20.3. The van der Waals surface area contributed by atoms with E-state index in [1.165, 1.54) is 41.8 Å². The van der Waals surface area contributed by atoms with Crippen LogP contribution in [-0.2, 0) is 6.54 Å². The lowest BCUT2D eigenvalue weighted by Crippen LogP contribution is -2.20. The van der Waals surface area contributed by atoms with Crippen LogP contribution in [0, 0.1) is 18.8 Å². The van der Waals surface area contributed by atoms with Gasteiger partial charge in [-0.15, -0.1) is 42.7 Å². The fourth-order valence-electron chi connectivity index (χ4n) is 4.10. The van der Waals surface area contributed by atoms with E-state index in [0.717, 1.165) is 31.1 Å². The molecular formula is C30H49ClFN3S. The topological polar surface area (TPSA) is 28.2 Å². The number of allylic oxidation sites excluding steroid dienone is 1. The first kappa shape index (κ1) is 34.5. The summed E-state index contributed by atoms with van der Waals surface area (Å²) in [7, 11) is 4.17. The summed E-state index contributed by atoms with van der Waals surface area (Å²) in [6, 6.07) is 9.53. The van der Waals surface area contributed by atoms with Gasteiger partial charge in [0.15, 0.2) is 0 Å². The molecule has 1 aliphatic carbocycles. The van der Waals surface area contributed by atoms with E-state index in [9.17, 15) is 4.39 Å². The maximum absolute atomic E-state index is 13.3. The molecule has 2 aromatic rings. The van der Waals surface area contributed by atoms with E-state index < -0.39 is 5.67 Å². The minimum absolute atomic E-state index is 0.0764. The van der Waals surface area contributed by atoms with Crippen molar-refractivity contribution < 1.29 is 4.39 Å². The lowest BCUT2D eigenvalue weighted by atomic mass is 9.90. The highest BCUT2D eigenvalue weighted by Crippen LogP contribution is 2.49.